The molecule has 2 rings (SSSR count). The number of ether oxygens (including phenoxy) is 1. The lowest BCUT2D eigenvalue weighted by molar-refractivity contribution is -0.121. The summed E-state index contributed by atoms with van der Waals surface area (Å²) in [6.45, 7) is 8.03. The monoisotopic (exact) mass is 310 g/mol. The van der Waals surface area contributed by atoms with Crippen LogP contribution in [0.4, 0.5) is 4.79 Å². The van der Waals surface area contributed by atoms with Crippen molar-refractivity contribution in [2.24, 2.45) is 0 Å². The largest absolute Gasteiger partial charge is 0.360 e. The van der Waals surface area contributed by atoms with Crippen molar-refractivity contribution in [2.75, 3.05) is 6.61 Å². The van der Waals surface area contributed by atoms with Crippen molar-refractivity contribution < 1.29 is 14.3 Å². The zero-order valence-electron chi connectivity index (χ0n) is 12.7. The number of carbonyl (C=O) groups excluding carboxylic acids is 2. The van der Waals surface area contributed by atoms with Gasteiger partial charge in [-0.1, -0.05) is 19.6 Å². The molecule has 0 aromatic carbocycles. The number of aromatic nitrogens is 2. The molecule has 1 aromatic heterocycles. The number of nitrogens with one attached hydrogen (secondary N) is 2. The Kier molecular flexibility index (Phi) is 4.79. The van der Waals surface area contributed by atoms with Crippen molar-refractivity contribution in [3.63, 3.8) is 0 Å². The van der Waals surface area contributed by atoms with Crippen LogP contribution in [0.15, 0.2) is 12.4 Å². The molecule has 1 fully saturated rings. The number of urea groups is 1. The highest BCUT2D eigenvalue weighted by Crippen LogP contribution is 2.18. The highest BCUT2D eigenvalue weighted by Gasteiger charge is 2.25. The minimum atomic E-state index is -1.08. The summed E-state index contributed by atoms with van der Waals surface area (Å²) in [6.07, 6.45) is 3.69. The number of nitrogens with zero attached hydrogens (tertiary/aromatic N) is 2. The first-order chi connectivity index (χ1) is 9.83. The summed E-state index contributed by atoms with van der Waals surface area (Å²) in [7, 11) is -1.08. The Balaban J connectivity index is 1.84. The van der Waals surface area contributed by atoms with Crippen LogP contribution in [0.25, 0.3) is 0 Å². The second-order valence-electron chi connectivity index (χ2n) is 6.44. The molecule has 3 amide bonds. The average Bonchev–Trinajstić information content (AvgIpc) is 2.81. The van der Waals surface area contributed by atoms with Gasteiger partial charge < -0.3 is 10.1 Å². The van der Waals surface area contributed by atoms with E-state index in [1.807, 2.05) is 0 Å². The van der Waals surface area contributed by atoms with Crippen molar-refractivity contribution in [1.29, 1.82) is 0 Å². The summed E-state index contributed by atoms with van der Waals surface area (Å²) in [5.74, 6) is -0.275. The van der Waals surface area contributed by atoms with Crippen LogP contribution in [-0.2, 0) is 16.3 Å². The second-order valence-corrected chi connectivity index (χ2v) is 12.1. The van der Waals surface area contributed by atoms with E-state index in [2.05, 4.69) is 35.4 Å². The highest BCUT2D eigenvalue weighted by molar-refractivity contribution is 6.76. The van der Waals surface area contributed by atoms with Gasteiger partial charge >= 0.3 is 6.03 Å². The number of hydrogen-bond donors (Lipinski definition) is 2. The molecule has 8 heteroatoms. The van der Waals surface area contributed by atoms with E-state index in [-0.39, 0.29) is 18.4 Å². The summed E-state index contributed by atoms with van der Waals surface area (Å²) in [6, 6.07) is 0.331. The molecule has 0 bridgehead atoms. The molecule has 1 aromatic rings. The summed E-state index contributed by atoms with van der Waals surface area (Å²) in [5, 5.41) is 9.10. The Hall–Kier alpha value is -1.67. The number of imide groups is 1. The molecular formula is C13H22N4O3Si. The third-order valence-electron chi connectivity index (χ3n) is 3.22. The zero-order chi connectivity index (χ0) is 15.5. The van der Waals surface area contributed by atoms with Gasteiger partial charge in [0.25, 0.3) is 0 Å². The smallest absolute Gasteiger partial charge is 0.321 e. The van der Waals surface area contributed by atoms with Gasteiger partial charge in [-0.15, -0.1) is 0 Å². The van der Waals surface area contributed by atoms with E-state index in [0.29, 0.717) is 6.73 Å². The van der Waals surface area contributed by atoms with E-state index in [0.717, 1.165) is 18.2 Å². The van der Waals surface area contributed by atoms with Crippen molar-refractivity contribution in [3.05, 3.63) is 18.0 Å². The van der Waals surface area contributed by atoms with E-state index < -0.39 is 14.1 Å². The van der Waals surface area contributed by atoms with Crippen LogP contribution in [0.1, 0.15) is 18.0 Å². The van der Waals surface area contributed by atoms with Gasteiger partial charge in [0.05, 0.1) is 18.7 Å². The predicted molar refractivity (Wildman–Crippen MR) is 80.4 cm³/mol. The maximum Gasteiger partial charge on any atom is 0.321 e. The lowest BCUT2D eigenvalue weighted by Gasteiger charge is -2.21. The van der Waals surface area contributed by atoms with E-state index in [4.69, 9.17) is 4.74 Å². The van der Waals surface area contributed by atoms with Gasteiger partial charge in [0.1, 0.15) is 6.73 Å². The van der Waals surface area contributed by atoms with Gasteiger partial charge in [0.2, 0.25) is 5.91 Å². The second kappa shape index (κ2) is 6.40. The third kappa shape index (κ3) is 4.98. The number of amides is 3. The third-order valence-corrected chi connectivity index (χ3v) is 4.93. The first-order valence-corrected chi connectivity index (χ1v) is 10.7. The highest BCUT2D eigenvalue weighted by atomic mass is 28.3. The SMILES string of the molecule is C[Si](C)(C)CCOCn1cc(C2CC(=O)NC(=O)N2)cn1. The molecule has 0 radical (unpaired) electrons. The van der Waals surface area contributed by atoms with Crippen molar-refractivity contribution in [1.82, 2.24) is 20.4 Å². The van der Waals surface area contributed by atoms with Gasteiger partial charge in [-0.05, 0) is 6.04 Å². The molecule has 1 aliphatic rings. The molecule has 116 valence electrons. The first kappa shape index (κ1) is 15.7. The Morgan fingerprint density at radius 1 is 1.43 bits per heavy atom. The van der Waals surface area contributed by atoms with Gasteiger partial charge in [-0.2, -0.15) is 5.10 Å². The molecular weight excluding hydrogens is 288 g/mol. The van der Waals surface area contributed by atoms with E-state index in [1.54, 1.807) is 17.1 Å². The van der Waals surface area contributed by atoms with Gasteiger partial charge in [-0.25, -0.2) is 9.48 Å². The van der Waals surface area contributed by atoms with Gasteiger partial charge in [0.15, 0.2) is 0 Å². The quantitative estimate of drug-likeness (QED) is 0.615. The summed E-state index contributed by atoms with van der Waals surface area (Å²) >= 11 is 0. The Labute approximate surface area is 125 Å². The van der Waals surface area contributed by atoms with Crippen LogP contribution >= 0.6 is 0 Å². The lowest BCUT2D eigenvalue weighted by Crippen LogP contribution is -2.48. The Morgan fingerprint density at radius 2 is 2.19 bits per heavy atom. The topological polar surface area (TPSA) is 85.2 Å². The zero-order valence-corrected chi connectivity index (χ0v) is 13.7. The fraction of sp³-hybridized carbons (Fsp3) is 0.615. The summed E-state index contributed by atoms with van der Waals surface area (Å²) in [5.41, 5.74) is 0.812. The average molecular weight is 310 g/mol. The molecule has 7 nitrogen and oxygen atoms in total. The van der Waals surface area contributed by atoms with Crippen LogP contribution < -0.4 is 10.6 Å². The van der Waals surface area contributed by atoms with Crippen LogP contribution in [0, 0.1) is 0 Å². The Bertz CT molecular complexity index is 508. The van der Waals surface area contributed by atoms with E-state index in [1.165, 1.54) is 0 Å². The molecule has 21 heavy (non-hydrogen) atoms. The van der Waals surface area contributed by atoms with Crippen molar-refractivity contribution in [3.8, 4) is 0 Å². The maximum absolute atomic E-state index is 11.3. The van der Waals surface area contributed by atoms with E-state index in [9.17, 15) is 9.59 Å². The minimum Gasteiger partial charge on any atom is -0.360 e. The van der Waals surface area contributed by atoms with Gasteiger partial charge in [-0.3, -0.25) is 10.1 Å². The number of rotatable bonds is 6. The van der Waals surface area contributed by atoms with Crippen molar-refractivity contribution in [2.45, 2.75) is 44.9 Å². The Morgan fingerprint density at radius 3 is 2.86 bits per heavy atom. The molecule has 0 aliphatic carbocycles. The van der Waals surface area contributed by atoms with E-state index >= 15 is 0 Å². The number of carbonyl (C=O) groups is 2. The van der Waals surface area contributed by atoms with Gasteiger partial charge in [0, 0.05) is 26.4 Å². The molecule has 1 atom stereocenters. The summed E-state index contributed by atoms with van der Waals surface area (Å²) < 4.78 is 7.29. The minimum absolute atomic E-state index is 0.230. The first-order valence-electron chi connectivity index (χ1n) is 7.04. The summed E-state index contributed by atoms with van der Waals surface area (Å²) in [4.78, 5) is 22.6. The molecule has 0 spiro atoms. The normalized spacial score (nSPS) is 19.3. The van der Waals surface area contributed by atoms with Crippen LogP contribution in [0.3, 0.4) is 0 Å². The fourth-order valence-electron chi connectivity index (χ4n) is 1.98. The maximum atomic E-state index is 11.3. The molecule has 1 saturated heterocycles. The standard InChI is InChI=1S/C13H22N4O3Si/c1-21(2,3)5-4-20-9-17-8-10(7-14-17)11-6-12(18)16-13(19)15-11/h7-8,11H,4-6,9H2,1-3H3,(H2,15,16,18,19). The van der Waals surface area contributed by atoms with Crippen LogP contribution in [0.5, 0.6) is 0 Å². The number of hydrogen-bond acceptors (Lipinski definition) is 4. The molecule has 2 N–H and O–H groups in total. The molecule has 1 aliphatic heterocycles. The van der Waals surface area contributed by atoms with Crippen LogP contribution in [-0.4, -0.2) is 36.4 Å². The predicted octanol–water partition coefficient (Wildman–Crippen LogP) is 1.47. The molecule has 1 unspecified atom stereocenters. The fourth-order valence-corrected chi connectivity index (χ4v) is 2.73. The molecule has 0 saturated carbocycles. The lowest BCUT2D eigenvalue weighted by atomic mass is 10.1. The van der Waals surface area contributed by atoms with Crippen LogP contribution in [0.2, 0.25) is 25.7 Å². The molecule has 2 heterocycles. The van der Waals surface area contributed by atoms with Crippen molar-refractivity contribution >= 4 is 20.0 Å².